The van der Waals surface area contributed by atoms with Gasteiger partial charge in [0.25, 0.3) is 8.32 Å². The van der Waals surface area contributed by atoms with Gasteiger partial charge in [0.05, 0.1) is 12.6 Å². The van der Waals surface area contributed by atoms with Crippen LogP contribution < -0.4 is 10.4 Å². The zero-order chi connectivity index (χ0) is 30.8. The van der Waals surface area contributed by atoms with Gasteiger partial charge in [-0.2, -0.15) is 0 Å². The lowest BCUT2D eigenvalue weighted by Gasteiger charge is -2.45. The summed E-state index contributed by atoms with van der Waals surface area (Å²) in [6.45, 7) is 10.8. The number of hydrogen-bond donors (Lipinski definition) is 1. The van der Waals surface area contributed by atoms with Crippen molar-refractivity contribution in [2.75, 3.05) is 6.61 Å². The third-order valence-corrected chi connectivity index (χ3v) is 12.9. The van der Waals surface area contributed by atoms with Gasteiger partial charge >= 0.3 is 6.09 Å². The number of carbonyl (C=O) groups is 2. The molecule has 0 spiro atoms. The van der Waals surface area contributed by atoms with Crippen LogP contribution in [0.2, 0.25) is 5.04 Å². The molecule has 0 bridgehead atoms. The van der Waals surface area contributed by atoms with Crippen molar-refractivity contribution in [2.45, 2.75) is 83.6 Å². The molecule has 0 aliphatic rings. The first-order valence-electron chi connectivity index (χ1n) is 14.9. The lowest BCUT2D eigenvalue weighted by atomic mass is 9.94. The van der Waals surface area contributed by atoms with Crippen LogP contribution >= 0.6 is 0 Å². The fourth-order valence-electron chi connectivity index (χ4n) is 6.04. The minimum atomic E-state index is -2.98. The fraction of sp³-hybridized carbons (Fsp3) is 0.429. The van der Waals surface area contributed by atoms with Crippen LogP contribution in [0.5, 0.6) is 0 Å². The Kier molecular flexibility index (Phi) is 12.1. The summed E-state index contributed by atoms with van der Waals surface area (Å²) in [4.78, 5) is 25.8. The first kappa shape index (κ1) is 33.2. The molecule has 226 valence electrons. The number of alkyl halides is 1. The predicted octanol–water partition coefficient (Wildman–Crippen LogP) is 6.89. The number of amides is 1. The molecule has 5 nitrogen and oxygen atoms in total. The number of benzene rings is 3. The molecule has 0 saturated heterocycles. The van der Waals surface area contributed by atoms with Crippen molar-refractivity contribution >= 4 is 31.1 Å². The molecular weight excluding hydrogens is 545 g/mol. The fourth-order valence-corrected chi connectivity index (χ4v) is 10.6. The Balaban J connectivity index is 2.10. The van der Waals surface area contributed by atoms with E-state index >= 15 is 0 Å². The van der Waals surface area contributed by atoms with Crippen molar-refractivity contribution < 1.29 is 23.5 Å². The number of aldehydes is 1. The van der Waals surface area contributed by atoms with Gasteiger partial charge < -0.3 is 14.3 Å². The zero-order valence-electron chi connectivity index (χ0n) is 25.6. The van der Waals surface area contributed by atoms with Gasteiger partial charge in [0.2, 0.25) is 0 Å². The monoisotopic (exact) mass is 591 g/mol. The van der Waals surface area contributed by atoms with E-state index in [-0.39, 0.29) is 36.4 Å². The van der Waals surface area contributed by atoms with Gasteiger partial charge in [-0.25, -0.2) is 9.18 Å². The molecule has 1 amide bonds. The Morgan fingerprint density at radius 2 is 1.38 bits per heavy atom. The van der Waals surface area contributed by atoms with Crippen LogP contribution in [0.15, 0.2) is 91.0 Å². The van der Waals surface area contributed by atoms with Crippen molar-refractivity contribution in [3.8, 4) is 0 Å². The van der Waals surface area contributed by atoms with Gasteiger partial charge in [0.1, 0.15) is 0 Å². The van der Waals surface area contributed by atoms with E-state index in [1.54, 1.807) is 0 Å². The largest absolute Gasteiger partial charge is 0.465 e. The normalized spacial score (nSPS) is 14.3. The summed E-state index contributed by atoms with van der Waals surface area (Å²) in [6.07, 6.45) is -1.14. The summed E-state index contributed by atoms with van der Waals surface area (Å²) < 4.78 is 21.5. The molecule has 42 heavy (non-hydrogen) atoms. The third kappa shape index (κ3) is 8.39. The lowest BCUT2D eigenvalue weighted by Crippen LogP contribution is -2.67. The van der Waals surface area contributed by atoms with Crippen LogP contribution in [0.3, 0.4) is 0 Å². The van der Waals surface area contributed by atoms with Crippen molar-refractivity contribution in [2.24, 2.45) is 5.92 Å². The first-order chi connectivity index (χ1) is 20.0. The second-order valence-corrected chi connectivity index (χ2v) is 16.8. The summed E-state index contributed by atoms with van der Waals surface area (Å²) in [5, 5.41) is 12.5. The maximum absolute atomic E-state index is 14.3. The Morgan fingerprint density at radius 1 is 0.881 bits per heavy atom. The van der Waals surface area contributed by atoms with E-state index in [1.165, 1.54) is 4.90 Å². The van der Waals surface area contributed by atoms with E-state index in [2.05, 4.69) is 58.9 Å². The topological polar surface area (TPSA) is 66.8 Å². The second kappa shape index (κ2) is 15.3. The molecule has 3 aromatic carbocycles. The summed E-state index contributed by atoms with van der Waals surface area (Å²) in [5.41, 5.74) is 1.04. The van der Waals surface area contributed by atoms with Crippen LogP contribution in [0.25, 0.3) is 0 Å². The van der Waals surface area contributed by atoms with Crippen LogP contribution in [-0.4, -0.2) is 55.6 Å². The van der Waals surface area contributed by atoms with E-state index in [4.69, 9.17) is 4.43 Å². The third-order valence-electron chi connectivity index (χ3n) is 7.90. The van der Waals surface area contributed by atoms with E-state index in [1.807, 2.05) is 66.7 Å². The summed E-state index contributed by atoms with van der Waals surface area (Å²) in [5.74, 6) is 0.239. The number of rotatable bonds is 15. The molecule has 0 fully saturated rings. The molecule has 1 N–H and O–H groups in total. The summed E-state index contributed by atoms with van der Waals surface area (Å²) >= 11 is 0. The highest BCUT2D eigenvalue weighted by Crippen LogP contribution is 2.37. The van der Waals surface area contributed by atoms with Gasteiger partial charge in [-0.3, -0.25) is 4.90 Å². The number of carboxylic acid groups (broad SMARTS) is 1. The first-order valence-corrected chi connectivity index (χ1v) is 16.8. The van der Waals surface area contributed by atoms with Gasteiger partial charge in [-0.05, 0) is 52.6 Å². The van der Waals surface area contributed by atoms with Gasteiger partial charge in [0.15, 0.2) is 12.5 Å². The highest BCUT2D eigenvalue weighted by molar-refractivity contribution is 6.99. The van der Waals surface area contributed by atoms with Crippen molar-refractivity contribution in [3.05, 3.63) is 96.6 Å². The quantitative estimate of drug-likeness (QED) is 0.154. The van der Waals surface area contributed by atoms with Crippen molar-refractivity contribution in [3.63, 3.8) is 0 Å². The smallest absolute Gasteiger partial charge is 0.407 e. The molecule has 0 aliphatic heterocycles. The Bertz CT molecular complexity index is 1190. The molecule has 7 heteroatoms. The molecule has 2 unspecified atom stereocenters. The lowest BCUT2D eigenvalue weighted by molar-refractivity contribution is -0.112. The summed E-state index contributed by atoms with van der Waals surface area (Å²) in [7, 11) is -2.98. The van der Waals surface area contributed by atoms with Crippen molar-refractivity contribution in [1.82, 2.24) is 4.90 Å². The number of nitrogens with zero attached hydrogens (tertiary/aromatic N) is 1. The molecular formula is C35H46FNO4Si. The standard InChI is InChI=1S/C35H46FNO4Si/c1-27(2)23-31(24-28-15-9-6-10-16-28)37(34(39)40)30(22-21-29(36)25-38)26-41-42(35(3,4)5,32-17-11-7-12-18-32)33-19-13-8-14-20-33/h6-20,25,27,29-31H,21-24,26H2,1-5H3,(H,39,40)/t29?,30-,31?/m0/s1. The van der Waals surface area contributed by atoms with Crippen LogP contribution in [0.1, 0.15) is 59.4 Å². The summed E-state index contributed by atoms with van der Waals surface area (Å²) in [6, 6.07) is 29.2. The van der Waals surface area contributed by atoms with Crippen LogP contribution in [0, 0.1) is 5.92 Å². The van der Waals surface area contributed by atoms with E-state index in [0.717, 1.165) is 15.9 Å². The second-order valence-electron chi connectivity index (χ2n) is 12.5. The average molecular weight is 592 g/mol. The van der Waals surface area contributed by atoms with E-state index < -0.39 is 26.6 Å². The number of hydrogen-bond acceptors (Lipinski definition) is 3. The Hall–Kier alpha value is -3.29. The molecule has 0 heterocycles. The van der Waals surface area contributed by atoms with Crippen LogP contribution in [-0.2, 0) is 15.6 Å². The van der Waals surface area contributed by atoms with E-state index in [9.17, 15) is 19.1 Å². The number of carbonyl (C=O) groups excluding carboxylic acids is 1. The molecule has 3 atom stereocenters. The zero-order valence-corrected chi connectivity index (χ0v) is 26.6. The maximum atomic E-state index is 14.3. The molecule has 0 aliphatic carbocycles. The van der Waals surface area contributed by atoms with Crippen molar-refractivity contribution in [1.29, 1.82) is 0 Å². The Morgan fingerprint density at radius 3 is 1.81 bits per heavy atom. The number of halogens is 1. The predicted molar refractivity (Wildman–Crippen MR) is 171 cm³/mol. The maximum Gasteiger partial charge on any atom is 0.407 e. The minimum Gasteiger partial charge on any atom is -0.465 e. The molecule has 3 aromatic rings. The van der Waals surface area contributed by atoms with Crippen LogP contribution in [0.4, 0.5) is 9.18 Å². The SMILES string of the molecule is CC(C)CC(Cc1ccccc1)N(C(=O)O)[C@@H](CCC(F)C=O)CO[Si](c1ccccc1)(c1ccccc1)C(C)(C)C. The molecule has 0 aromatic heterocycles. The molecule has 3 rings (SSSR count). The highest BCUT2D eigenvalue weighted by Gasteiger charge is 2.50. The van der Waals surface area contributed by atoms with Gasteiger partial charge in [-0.15, -0.1) is 0 Å². The van der Waals surface area contributed by atoms with Gasteiger partial charge in [-0.1, -0.05) is 126 Å². The average Bonchev–Trinajstić information content (AvgIpc) is 2.96. The molecule has 0 radical (unpaired) electrons. The molecule has 0 saturated carbocycles. The van der Waals surface area contributed by atoms with E-state index in [0.29, 0.717) is 19.1 Å². The highest BCUT2D eigenvalue weighted by atomic mass is 28.4. The Labute approximate surface area is 251 Å². The minimum absolute atomic E-state index is 0.0677. The van der Waals surface area contributed by atoms with Gasteiger partial charge in [0, 0.05) is 6.04 Å².